The van der Waals surface area contributed by atoms with Gasteiger partial charge in [0.05, 0.1) is 11.9 Å². The molecule has 3 heterocycles. The number of thiophene rings is 1. The number of hydrogen-bond acceptors (Lipinski definition) is 4. The van der Waals surface area contributed by atoms with Gasteiger partial charge >= 0.3 is 0 Å². The van der Waals surface area contributed by atoms with Gasteiger partial charge in [-0.1, -0.05) is 0 Å². The number of H-pyrrole nitrogens is 1. The van der Waals surface area contributed by atoms with E-state index in [2.05, 4.69) is 4.98 Å². The normalized spacial score (nSPS) is 14.0. The number of aromatic nitrogens is 2. The maximum Gasteiger partial charge on any atom is 0.263 e. The average molecular weight is 318 g/mol. The van der Waals surface area contributed by atoms with Crippen molar-refractivity contribution in [1.29, 1.82) is 0 Å². The average Bonchev–Trinajstić information content (AvgIpc) is 3.10. The Bertz CT molecular complexity index is 958. The van der Waals surface area contributed by atoms with Gasteiger partial charge in [-0.3, -0.25) is 9.36 Å². The summed E-state index contributed by atoms with van der Waals surface area (Å²) in [5.41, 5.74) is 1.22. The molecule has 108 valence electrons. The molecule has 6 heteroatoms. The molecule has 4 rings (SSSR count). The Labute approximate surface area is 130 Å². The Morgan fingerprint density at radius 1 is 1.43 bits per heavy atom. The molecule has 1 N–H and O–H groups in total. The van der Waals surface area contributed by atoms with E-state index in [4.69, 9.17) is 16.6 Å². The summed E-state index contributed by atoms with van der Waals surface area (Å²) in [5, 5.41) is 0.823. The molecule has 1 aliphatic rings. The third-order valence-electron chi connectivity index (χ3n) is 3.96. The van der Waals surface area contributed by atoms with Crippen molar-refractivity contribution in [2.45, 2.75) is 32.7 Å². The van der Waals surface area contributed by atoms with Gasteiger partial charge in [0.25, 0.3) is 5.56 Å². The molecule has 0 unspecified atom stereocenters. The van der Waals surface area contributed by atoms with Gasteiger partial charge in [-0.25, -0.2) is 0 Å². The van der Waals surface area contributed by atoms with Crippen LogP contribution in [0.2, 0.25) is 0 Å². The van der Waals surface area contributed by atoms with E-state index in [9.17, 15) is 4.79 Å². The first kappa shape index (κ1) is 13.0. The largest absolute Gasteiger partial charge is 0.464 e. The van der Waals surface area contributed by atoms with Crippen LogP contribution in [-0.2, 0) is 19.4 Å². The highest BCUT2D eigenvalue weighted by Crippen LogP contribution is 2.34. The van der Waals surface area contributed by atoms with Crippen molar-refractivity contribution in [3.8, 4) is 0 Å². The number of aryl methyl sites for hydroxylation is 3. The van der Waals surface area contributed by atoms with Crippen LogP contribution in [0.1, 0.15) is 28.4 Å². The van der Waals surface area contributed by atoms with Crippen molar-refractivity contribution in [3.63, 3.8) is 0 Å². The summed E-state index contributed by atoms with van der Waals surface area (Å²) >= 11 is 7.03. The van der Waals surface area contributed by atoms with Crippen molar-refractivity contribution in [1.82, 2.24) is 9.55 Å². The SMILES string of the molecule is Cc1ccc(Cn2c(=S)[nH]c3sc4c(c3c2=O)CCC4)o1. The lowest BCUT2D eigenvalue weighted by Crippen LogP contribution is -2.22. The van der Waals surface area contributed by atoms with Crippen molar-refractivity contribution in [3.05, 3.63) is 49.2 Å². The first-order chi connectivity index (χ1) is 10.1. The zero-order chi connectivity index (χ0) is 14.6. The number of rotatable bonds is 2. The second kappa shape index (κ2) is 4.68. The lowest BCUT2D eigenvalue weighted by atomic mass is 10.2. The number of nitrogens with one attached hydrogen (secondary N) is 1. The molecule has 0 fully saturated rings. The summed E-state index contributed by atoms with van der Waals surface area (Å²) in [4.78, 5) is 18.3. The molecule has 0 aromatic carbocycles. The second-order valence-corrected chi connectivity index (χ2v) is 6.89. The molecule has 0 aliphatic heterocycles. The van der Waals surface area contributed by atoms with Crippen LogP contribution in [0.4, 0.5) is 0 Å². The van der Waals surface area contributed by atoms with Crippen molar-refractivity contribution < 1.29 is 4.42 Å². The minimum atomic E-state index is 0.00204. The van der Waals surface area contributed by atoms with E-state index in [1.165, 1.54) is 10.4 Å². The van der Waals surface area contributed by atoms with Gasteiger partial charge in [-0.15, -0.1) is 11.3 Å². The molecule has 0 atom stereocenters. The van der Waals surface area contributed by atoms with Gasteiger partial charge in [0.15, 0.2) is 4.77 Å². The van der Waals surface area contributed by atoms with Gasteiger partial charge in [0, 0.05) is 4.88 Å². The molecule has 1 aliphatic carbocycles. The summed E-state index contributed by atoms with van der Waals surface area (Å²) in [6, 6.07) is 3.78. The fourth-order valence-electron chi connectivity index (χ4n) is 2.98. The first-order valence-corrected chi connectivity index (χ1v) is 8.18. The van der Waals surface area contributed by atoms with E-state index in [0.717, 1.165) is 41.0 Å². The highest BCUT2D eigenvalue weighted by molar-refractivity contribution is 7.71. The monoisotopic (exact) mass is 318 g/mol. The smallest absolute Gasteiger partial charge is 0.263 e. The standard InChI is InChI=1S/C15H14N2O2S2/c1-8-5-6-9(19-8)7-17-14(18)12-10-3-2-4-11(10)21-13(12)16-15(17)20/h5-6H,2-4,7H2,1H3,(H,16,20). The van der Waals surface area contributed by atoms with Crippen LogP contribution in [0.15, 0.2) is 21.3 Å². The molecule has 0 saturated carbocycles. The molecule has 0 radical (unpaired) electrons. The topological polar surface area (TPSA) is 50.9 Å². The zero-order valence-corrected chi connectivity index (χ0v) is 13.2. The van der Waals surface area contributed by atoms with Crippen LogP contribution in [0, 0.1) is 11.7 Å². The summed E-state index contributed by atoms with van der Waals surface area (Å²) in [5.74, 6) is 1.59. The fourth-order valence-corrected chi connectivity index (χ4v) is 4.57. The number of furan rings is 1. The van der Waals surface area contributed by atoms with Gasteiger partial charge < -0.3 is 9.40 Å². The quantitative estimate of drug-likeness (QED) is 0.735. The molecule has 4 nitrogen and oxygen atoms in total. The van der Waals surface area contributed by atoms with E-state index < -0.39 is 0 Å². The van der Waals surface area contributed by atoms with E-state index in [1.54, 1.807) is 15.9 Å². The molecular formula is C15H14N2O2S2. The third kappa shape index (κ3) is 2.01. The molecule has 0 bridgehead atoms. The Hall–Kier alpha value is -1.66. The minimum absolute atomic E-state index is 0.00204. The first-order valence-electron chi connectivity index (χ1n) is 6.96. The molecule has 21 heavy (non-hydrogen) atoms. The highest BCUT2D eigenvalue weighted by Gasteiger charge is 2.21. The van der Waals surface area contributed by atoms with Crippen molar-refractivity contribution in [2.75, 3.05) is 0 Å². The molecule has 0 amide bonds. The number of aromatic amines is 1. The lowest BCUT2D eigenvalue weighted by Gasteiger charge is -2.05. The molecule has 0 spiro atoms. The summed E-state index contributed by atoms with van der Waals surface area (Å²) in [6.07, 6.45) is 3.21. The Morgan fingerprint density at radius 2 is 2.29 bits per heavy atom. The minimum Gasteiger partial charge on any atom is -0.464 e. The Kier molecular flexibility index (Phi) is 2.90. The summed E-state index contributed by atoms with van der Waals surface area (Å²) in [6.45, 7) is 2.27. The van der Waals surface area contributed by atoms with Crippen molar-refractivity contribution in [2.24, 2.45) is 0 Å². The Balaban J connectivity index is 1.93. The molecule has 0 saturated heterocycles. The Morgan fingerprint density at radius 3 is 3.05 bits per heavy atom. The number of hydrogen-bond donors (Lipinski definition) is 1. The molecular weight excluding hydrogens is 304 g/mol. The van der Waals surface area contributed by atoms with Gasteiger partial charge in [0.1, 0.15) is 16.4 Å². The van der Waals surface area contributed by atoms with Crippen LogP contribution in [-0.4, -0.2) is 9.55 Å². The summed E-state index contributed by atoms with van der Waals surface area (Å²) < 4.78 is 7.62. The second-order valence-electron chi connectivity index (χ2n) is 5.40. The fraction of sp³-hybridized carbons (Fsp3) is 0.333. The predicted octanol–water partition coefficient (Wildman–Crippen LogP) is 3.56. The third-order valence-corrected chi connectivity index (χ3v) is 5.49. The number of nitrogens with zero attached hydrogens (tertiary/aromatic N) is 1. The van der Waals surface area contributed by atoms with E-state index in [-0.39, 0.29) is 5.56 Å². The molecule has 3 aromatic heterocycles. The lowest BCUT2D eigenvalue weighted by molar-refractivity contribution is 0.465. The van der Waals surface area contributed by atoms with Gasteiger partial charge in [-0.2, -0.15) is 0 Å². The maximum atomic E-state index is 12.8. The van der Waals surface area contributed by atoms with Crippen LogP contribution >= 0.6 is 23.6 Å². The van der Waals surface area contributed by atoms with Gasteiger partial charge in [-0.05, 0) is 56.1 Å². The summed E-state index contributed by atoms with van der Waals surface area (Å²) in [7, 11) is 0. The highest BCUT2D eigenvalue weighted by atomic mass is 32.1. The number of fused-ring (bicyclic) bond motifs is 3. The maximum absolute atomic E-state index is 12.8. The van der Waals surface area contributed by atoms with E-state index >= 15 is 0 Å². The van der Waals surface area contributed by atoms with Crippen LogP contribution < -0.4 is 5.56 Å². The van der Waals surface area contributed by atoms with Crippen molar-refractivity contribution >= 4 is 33.8 Å². The molecule has 3 aromatic rings. The zero-order valence-electron chi connectivity index (χ0n) is 11.6. The van der Waals surface area contributed by atoms with Crippen LogP contribution in [0.25, 0.3) is 10.2 Å². The van der Waals surface area contributed by atoms with E-state index in [0.29, 0.717) is 11.3 Å². The van der Waals surface area contributed by atoms with Gasteiger partial charge in [0.2, 0.25) is 0 Å². The van der Waals surface area contributed by atoms with Crippen LogP contribution in [0.3, 0.4) is 0 Å². The van der Waals surface area contributed by atoms with E-state index in [1.807, 2.05) is 19.1 Å². The predicted molar refractivity (Wildman–Crippen MR) is 85.8 cm³/mol. The van der Waals surface area contributed by atoms with Crippen LogP contribution in [0.5, 0.6) is 0 Å².